The molecule has 26 heavy (non-hydrogen) atoms. The van der Waals surface area contributed by atoms with Gasteiger partial charge in [-0.3, -0.25) is 4.79 Å². The molecular weight excluding hydrogens is 328 g/mol. The number of amides is 1. The first-order chi connectivity index (χ1) is 12.8. The van der Waals surface area contributed by atoms with E-state index in [0.717, 1.165) is 11.4 Å². The molecule has 0 aliphatic carbocycles. The van der Waals surface area contributed by atoms with Crippen LogP contribution in [0.2, 0.25) is 0 Å². The Morgan fingerprint density at radius 2 is 1.38 bits per heavy atom. The molecule has 5 nitrogen and oxygen atoms in total. The van der Waals surface area contributed by atoms with Gasteiger partial charge in [0.15, 0.2) is 11.5 Å². The summed E-state index contributed by atoms with van der Waals surface area (Å²) in [4.78, 5) is 12.4. The molecule has 1 atom stereocenters. The summed E-state index contributed by atoms with van der Waals surface area (Å²) in [5, 5.41) is 6.16. The van der Waals surface area contributed by atoms with Gasteiger partial charge in [-0.1, -0.05) is 30.3 Å². The predicted molar refractivity (Wildman–Crippen MR) is 101 cm³/mol. The Kier molecular flexibility index (Phi) is 4.43. The first-order valence-electron chi connectivity index (χ1n) is 8.39. The van der Waals surface area contributed by atoms with Crippen LogP contribution in [0.5, 0.6) is 11.5 Å². The van der Waals surface area contributed by atoms with Crippen molar-refractivity contribution >= 4 is 23.0 Å². The predicted octanol–water partition coefficient (Wildman–Crippen LogP) is 4.21. The second-order valence-electron chi connectivity index (χ2n) is 5.92. The Bertz CT molecular complexity index is 895. The number of para-hydroxylation sites is 3. The summed E-state index contributed by atoms with van der Waals surface area (Å²) in [6.07, 6.45) is -0.674. The van der Waals surface area contributed by atoms with E-state index in [-0.39, 0.29) is 12.5 Å². The quantitative estimate of drug-likeness (QED) is 0.743. The second-order valence-corrected chi connectivity index (χ2v) is 5.92. The number of carbonyl (C=O) groups is 1. The van der Waals surface area contributed by atoms with Crippen LogP contribution in [0, 0.1) is 0 Å². The third-order valence-electron chi connectivity index (χ3n) is 4.02. The fourth-order valence-corrected chi connectivity index (χ4v) is 2.70. The Hall–Kier alpha value is -3.47. The molecule has 0 saturated carbocycles. The maximum atomic E-state index is 12.4. The fourth-order valence-electron chi connectivity index (χ4n) is 2.70. The normalized spacial score (nSPS) is 15.2. The van der Waals surface area contributed by atoms with Crippen molar-refractivity contribution in [1.82, 2.24) is 0 Å². The molecule has 0 bridgehead atoms. The van der Waals surface area contributed by atoms with E-state index in [4.69, 9.17) is 9.47 Å². The zero-order valence-corrected chi connectivity index (χ0v) is 14.0. The van der Waals surface area contributed by atoms with Crippen molar-refractivity contribution < 1.29 is 14.3 Å². The summed E-state index contributed by atoms with van der Waals surface area (Å²) in [6, 6.07) is 24.8. The van der Waals surface area contributed by atoms with Crippen LogP contribution >= 0.6 is 0 Å². The highest BCUT2D eigenvalue weighted by Gasteiger charge is 2.27. The average Bonchev–Trinajstić information content (AvgIpc) is 2.70. The van der Waals surface area contributed by atoms with Crippen LogP contribution in [0.3, 0.4) is 0 Å². The highest BCUT2D eigenvalue weighted by molar-refractivity contribution is 5.94. The lowest BCUT2D eigenvalue weighted by atomic mass is 10.2. The van der Waals surface area contributed by atoms with Gasteiger partial charge < -0.3 is 20.1 Å². The molecule has 5 heteroatoms. The Balaban J connectivity index is 1.37. The van der Waals surface area contributed by atoms with Gasteiger partial charge in [-0.15, -0.1) is 0 Å². The summed E-state index contributed by atoms with van der Waals surface area (Å²) in [5.41, 5.74) is 2.66. The van der Waals surface area contributed by atoms with Crippen LogP contribution in [-0.4, -0.2) is 18.6 Å². The number of nitrogens with one attached hydrogen (secondary N) is 2. The summed E-state index contributed by atoms with van der Waals surface area (Å²) in [6.45, 7) is 0.191. The van der Waals surface area contributed by atoms with Crippen LogP contribution < -0.4 is 20.1 Å². The van der Waals surface area contributed by atoms with Gasteiger partial charge in [0, 0.05) is 17.1 Å². The Morgan fingerprint density at radius 1 is 0.769 bits per heavy atom. The molecule has 1 amide bonds. The molecule has 0 fully saturated rings. The third-order valence-corrected chi connectivity index (χ3v) is 4.02. The van der Waals surface area contributed by atoms with Gasteiger partial charge in [0.1, 0.15) is 6.61 Å². The van der Waals surface area contributed by atoms with E-state index in [1.54, 1.807) is 6.07 Å². The van der Waals surface area contributed by atoms with Gasteiger partial charge in [-0.25, -0.2) is 0 Å². The van der Waals surface area contributed by atoms with E-state index in [0.29, 0.717) is 17.2 Å². The maximum absolute atomic E-state index is 12.4. The van der Waals surface area contributed by atoms with Crippen molar-refractivity contribution in [3.8, 4) is 11.5 Å². The topological polar surface area (TPSA) is 59.6 Å². The molecule has 1 aliphatic heterocycles. The van der Waals surface area contributed by atoms with Crippen molar-refractivity contribution in [2.45, 2.75) is 6.10 Å². The molecule has 1 heterocycles. The average molecular weight is 346 g/mol. The maximum Gasteiger partial charge on any atom is 0.269 e. The van der Waals surface area contributed by atoms with Crippen LogP contribution in [0.1, 0.15) is 0 Å². The lowest BCUT2D eigenvalue weighted by Gasteiger charge is -2.25. The van der Waals surface area contributed by atoms with E-state index in [9.17, 15) is 4.79 Å². The molecule has 3 aromatic carbocycles. The van der Waals surface area contributed by atoms with Crippen LogP contribution in [0.25, 0.3) is 0 Å². The first-order valence-corrected chi connectivity index (χ1v) is 8.39. The SMILES string of the molecule is O=C(Nc1ccc(Nc2ccccc2)cc1)C1COc2ccccc2O1. The largest absolute Gasteiger partial charge is 0.485 e. The van der Waals surface area contributed by atoms with Gasteiger partial charge in [-0.2, -0.15) is 0 Å². The molecule has 0 radical (unpaired) electrons. The number of hydrogen-bond donors (Lipinski definition) is 2. The van der Waals surface area contributed by atoms with Crippen LogP contribution in [0.15, 0.2) is 78.9 Å². The summed E-state index contributed by atoms with van der Waals surface area (Å²) in [5.74, 6) is 1.01. The number of hydrogen-bond acceptors (Lipinski definition) is 4. The van der Waals surface area contributed by atoms with Gasteiger partial charge in [0.05, 0.1) is 0 Å². The number of carbonyl (C=O) groups excluding carboxylic acids is 1. The highest BCUT2D eigenvalue weighted by Crippen LogP contribution is 2.31. The van der Waals surface area contributed by atoms with E-state index in [2.05, 4.69) is 10.6 Å². The lowest BCUT2D eigenvalue weighted by molar-refractivity contribution is -0.125. The molecule has 130 valence electrons. The molecule has 4 rings (SSSR count). The Labute approximate surface area is 151 Å². The molecule has 0 saturated heterocycles. The third kappa shape index (κ3) is 3.62. The minimum absolute atomic E-state index is 0.191. The number of anilines is 3. The number of fused-ring (bicyclic) bond motifs is 1. The van der Waals surface area contributed by atoms with Crippen molar-refractivity contribution in [2.24, 2.45) is 0 Å². The highest BCUT2D eigenvalue weighted by atomic mass is 16.6. The van der Waals surface area contributed by atoms with Crippen LogP contribution in [-0.2, 0) is 4.79 Å². The minimum Gasteiger partial charge on any atom is -0.485 e. The van der Waals surface area contributed by atoms with E-state index < -0.39 is 6.10 Å². The standard InChI is InChI=1S/C21H18N2O3/c24-21(20-14-25-18-8-4-5-9-19(18)26-20)23-17-12-10-16(11-13-17)22-15-6-2-1-3-7-15/h1-13,20,22H,14H2,(H,23,24). The fraction of sp³-hybridized carbons (Fsp3) is 0.0952. The molecule has 3 aromatic rings. The summed E-state index contributed by atoms with van der Waals surface area (Å²) < 4.78 is 11.3. The monoisotopic (exact) mass is 346 g/mol. The van der Waals surface area contributed by atoms with Crippen molar-refractivity contribution in [3.63, 3.8) is 0 Å². The van der Waals surface area contributed by atoms with E-state index >= 15 is 0 Å². The molecular formula is C21H18N2O3. The lowest BCUT2D eigenvalue weighted by Crippen LogP contribution is -2.40. The molecule has 1 aliphatic rings. The van der Waals surface area contributed by atoms with Crippen molar-refractivity contribution in [3.05, 3.63) is 78.9 Å². The summed E-state index contributed by atoms with van der Waals surface area (Å²) >= 11 is 0. The molecule has 2 N–H and O–H groups in total. The zero-order valence-electron chi connectivity index (χ0n) is 14.0. The number of rotatable bonds is 4. The second kappa shape index (κ2) is 7.19. The Morgan fingerprint density at radius 3 is 2.15 bits per heavy atom. The van der Waals surface area contributed by atoms with E-state index in [1.807, 2.05) is 72.8 Å². The van der Waals surface area contributed by atoms with Gasteiger partial charge >= 0.3 is 0 Å². The van der Waals surface area contributed by atoms with Crippen molar-refractivity contribution in [2.75, 3.05) is 17.2 Å². The van der Waals surface area contributed by atoms with Gasteiger partial charge in [0.25, 0.3) is 5.91 Å². The number of ether oxygens (including phenoxy) is 2. The van der Waals surface area contributed by atoms with Gasteiger partial charge in [-0.05, 0) is 48.5 Å². The number of benzene rings is 3. The molecule has 0 spiro atoms. The van der Waals surface area contributed by atoms with Crippen LogP contribution in [0.4, 0.5) is 17.1 Å². The molecule has 1 unspecified atom stereocenters. The smallest absolute Gasteiger partial charge is 0.269 e. The zero-order chi connectivity index (χ0) is 17.8. The summed E-state index contributed by atoms with van der Waals surface area (Å²) in [7, 11) is 0. The van der Waals surface area contributed by atoms with Crippen molar-refractivity contribution in [1.29, 1.82) is 0 Å². The molecule has 0 aromatic heterocycles. The first kappa shape index (κ1) is 16.0. The van der Waals surface area contributed by atoms with Gasteiger partial charge in [0.2, 0.25) is 6.10 Å². The van der Waals surface area contributed by atoms with E-state index in [1.165, 1.54) is 0 Å². The minimum atomic E-state index is -0.674.